The fraction of sp³-hybridized carbons (Fsp3) is 0.304. The van der Waals surface area contributed by atoms with Crippen LogP contribution in [0.15, 0.2) is 54.2 Å². The lowest BCUT2D eigenvalue weighted by Gasteiger charge is -2.28. The van der Waals surface area contributed by atoms with Gasteiger partial charge in [0.2, 0.25) is 0 Å². The third-order valence-corrected chi connectivity index (χ3v) is 5.82. The van der Waals surface area contributed by atoms with Crippen molar-refractivity contribution in [3.63, 3.8) is 0 Å². The fourth-order valence-corrected chi connectivity index (χ4v) is 3.83. The summed E-state index contributed by atoms with van der Waals surface area (Å²) in [7, 11) is 0. The van der Waals surface area contributed by atoms with Crippen LogP contribution in [-0.2, 0) is 14.3 Å². The molecule has 0 radical (unpaired) electrons. The predicted octanol–water partition coefficient (Wildman–Crippen LogP) is 3.17. The van der Waals surface area contributed by atoms with Crippen molar-refractivity contribution < 1.29 is 14.3 Å². The number of hydrogen-bond donors (Lipinski definition) is 1. The van der Waals surface area contributed by atoms with E-state index in [1.165, 1.54) is 4.90 Å². The lowest BCUT2D eigenvalue weighted by molar-refractivity contribution is -0.137. The van der Waals surface area contributed by atoms with Crippen molar-refractivity contribution in [1.82, 2.24) is 9.80 Å². The Balaban J connectivity index is 1.61. The Morgan fingerprint density at radius 3 is 2.43 bits per heavy atom. The molecule has 1 N–H and O–H groups in total. The topological polar surface area (TPSA) is 61.9 Å². The number of anilines is 1. The molecule has 0 aliphatic carbocycles. The van der Waals surface area contributed by atoms with Crippen molar-refractivity contribution in [2.24, 2.45) is 0 Å². The molecule has 2 aromatic rings. The number of nitrogens with zero attached hydrogens (tertiary/aromatic N) is 2. The van der Waals surface area contributed by atoms with E-state index in [2.05, 4.69) is 10.2 Å². The molecule has 30 heavy (non-hydrogen) atoms. The van der Waals surface area contributed by atoms with Crippen molar-refractivity contribution in [3.8, 4) is 0 Å². The first-order valence-corrected chi connectivity index (χ1v) is 10.4. The molecular formula is C23H24ClN3O3. The van der Waals surface area contributed by atoms with Gasteiger partial charge in [0.15, 0.2) is 0 Å². The van der Waals surface area contributed by atoms with Gasteiger partial charge in [0.25, 0.3) is 11.8 Å². The summed E-state index contributed by atoms with van der Waals surface area (Å²) in [5.74, 6) is -0.594. The Morgan fingerprint density at radius 2 is 1.73 bits per heavy atom. The number of carbonyl (C=O) groups excluding carboxylic acids is 2. The maximum atomic E-state index is 13.2. The molecule has 6 nitrogen and oxygen atoms in total. The molecular weight excluding hydrogens is 402 g/mol. The Labute approximate surface area is 181 Å². The zero-order chi connectivity index (χ0) is 21.1. The fourth-order valence-electron chi connectivity index (χ4n) is 3.65. The zero-order valence-corrected chi connectivity index (χ0v) is 17.6. The van der Waals surface area contributed by atoms with Gasteiger partial charge in [0.05, 0.1) is 18.8 Å². The Hall–Kier alpha value is -2.67. The van der Waals surface area contributed by atoms with Gasteiger partial charge in [0, 0.05) is 36.9 Å². The second-order valence-corrected chi connectivity index (χ2v) is 7.83. The number of nitrogens with one attached hydrogen (secondary N) is 1. The van der Waals surface area contributed by atoms with E-state index in [-0.39, 0.29) is 17.5 Å². The van der Waals surface area contributed by atoms with E-state index in [1.807, 2.05) is 49.4 Å². The summed E-state index contributed by atoms with van der Waals surface area (Å²) in [6.45, 7) is 5.86. The molecule has 0 atom stereocenters. The van der Waals surface area contributed by atoms with Crippen LogP contribution in [0.5, 0.6) is 0 Å². The number of hydrogen-bond acceptors (Lipinski definition) is 5. The van der Waals surface area contributed by atoms with Crippen molar-refractivity contribution >= 4 is 34.7 Å². The number of ether oxygens (including phenoxy) is 1. The second-order valence-electron chi connectivity index (χ2n) is 7.42. The Bertz CT molecular complexity index is 984. The van der Waals surface area contributed by atoms with Crippen molar-refractivity contribution in [1.29, 1.82) is 0 Å². The van der Waals surface area contributed by atoms with Gasteiger partial charge in [-0.1, -0.05) is 48.0 Å². The van der Waals surface area contributed by atoms with Crippen LogP contribution >= 0.6 is 11.6 Å². The van der Waals surface area contributed by atoms with Crippen LogP contribution in [0.1, 0.15) is 11.1 Å². The number of amides is 2. The van der Waals surface area contributed by atoms with Crippen LogP contribution in [0, 0.1) is 6.92 Å². The molecule has 0 bridgehead atoms. The van der Waals surface area contributed by atoms with E-state index in [1.54, 1.807) is 6.07 Å². The zero-order valence-electron chi connectivity index (χ0n) is 16.9. The lowest BCUT2D eigenvalue weighted by atomic mass is 10.0. The van der Waals surface area contributed by atoms with Crippen LogP contribution in [0.25, 0.3) is 5.57 Å². The monoisotopic (exact) mass is 425 g/mol. The summed E-state index contributed by atoms with van der Waals surface area (Å²) in [6.07, 6.45) is 0. The highest BCUT2D eigenvalue weighted by Gasteiger charge is 2.39. The Morgan fingerprint density at radius 1 is 1.00 bits per heavy atom. The molecule has 0 unspecified atom stereocenters. The van der Waals surface area contributed by atoms with Crippen LogP contribution in [0.3, 0.4) is 0 Å². The molecule has 2 heterocycles. The van der Waals surface area contributed by atoms with Gasteiger partial charge in [-0.2, -0.15) is 0 Å². The summed E-state index contributed by atoms with van der Waals surface area (Å²) in [4.78, 5) is 30.0. The summed E-state index contributed by atoms with van der Waals surface area (Å²) >= 11 is 6.25. The number of carbonyl (C=O) groups is 2. The number of halogens is 1. The minimum absolute atomic E-state index is 0.278. The van der Waals surface area contributed by atoms with Gasteiger partial charge >= 0.3 is 0 Å². The molecule has 2 aromatic carbocycles. The third-order valence-electron chi connectivity index (χ3n) is 5.42. The molecule has 2 aliphatic rings. The third kappa shape index (κ3) is 4.26. The summed E-state index contributed by atoms with van der Waals surface area (Å²) in [5.41, 5.74) is 3.00. The molecule has 0 saturated carbocycles. The molecule has 0 spiro atoms. The molecule has 2 amide bonds. The average Bonchev–Trinajstić information content (AvgIpc) is 3.00. The lowest BCUT2D eigenvalue weighted by Crippen LogP contribution is -2.43. The normalized spacial score (nSPS) is 17.7. The number of aryl methyl sites for hydroxylation is 1. The highest BCUT2D eigenvalue weighted by molar-refractivity contribution is 6.36. The van der Waals surface area contributed by atoms with Crippen molar-refractivity contribution in [2.45, 2.75) is 6.92 Å². The predicted molar refractivity (Wildman–Crippen MR) is 117 cm³/mol. The van der Waals surface area contributed by atoms with Gasteiger partial charge in [-0.15, -0.1) is 0 Å². The highest BCUT2D eigenvalue weighted by Crippen LogP contribution is 2.31. The van der Waals surface area contributed by atoms with E-state index >= 15 is 0 Å². The number of rotatable bonds is 6. The van der Waals surface area contributed by atoms with Crippen LogP contribution in [-0.4, -0.2) is 61.0 Å². The van der Waals surface area contributed by atoms with E-state index in [0.717, 1.165) is 18.7 Å². The number of benzene rings is 2. The first-order valence-electron chi connectivity index (χ1n) is 10.0. The minimum Gasteiger partial charge on any atom is -0.379 e. The van der Waals surface area contributed by atoms with Crippen LogP contribution in [0.2, 0.25) is 5.02 Å². The number of morpholine rings is 1. The van der Waals surface area contributed by atoms with E-state index < -0.39 is 0 Å². The van der Waals surface area contributed by atoms with Gasteiger partial charge < -0.3 is 10.1 Å². The van der Waals surface area contributed by atoms with E-state index in [9.17, 15) is 9.59 Å². The van der Waals surface area contributed by atoms with Crippen molar-refractivity contribution in [2.75, 3.05) is 44.7 Å². The van der Waals surface area contributed by atoms with Crippen molar-refractivity contribution in [3.05, 3.63) is 70.4 Å². The maximum absolute atomic E-state index is 13.2. The standard InChI is InChI=1S/C23H24ClN3O3/c1-16-7-8-18(15-19(16)24)25-21-20(17-5-3-2-4-6-17)22(28)27(23(21)29)10-9-26-11-13-30-14-12-26/h2-8,15,25H,9-14H2,1H3. The SMILES string of the molecule is Cc1ccc(NC2=C(c3ccccc3)C(=O)N(CCN3CCOCC3)C2=O)cc1Cl. The summed E-state index contributed by atoms with van der Waals surface area (Å²) in [6, 6.07) is 14.8. The van der Waals surface area contributed by atoms with Gasteiger partial charge in [0.1, 0.15) is 5.70 Å². The molecule has 2 aliphatic heterocycles. The largest absolute Gasteiger partial charge is 0.379 e. The van der Waals surface area contributed by atoms with E-state index in [0.29, 0.717) is 48.1 Å². The quantitative estimate of drug-likeness (QED) is 0.720. The summed E-state index contributed by atoms with van der Waals surface area (Å²) in [5, 5.41) is 3.75. The van der Waals surface area contributed by atoms with Crippen LogP contribution in [0.4, 0.5) is 5.69 Å². The number of imide groups is 1. The van der Waals surface area contributed by atoms with Gasteiger partial charge in [-0.05, 0) is 30.2 Å². The molecule has 0 aromatic heterocycles. The molecule has 1 fully saturated rings. The minimum atomic E-state index is -0.316. The van der Waals surface area contributed by atoms with Gasteiger partial charge in [-0.25, -0.2) is 0 Å². The van der Waals surface area contributed by atoms with E-state index in [4.69, 9.17) is 16.3 Å². The first kappa shape index (κ1) is 20.6. The Kier molecular flexibility index (Phi) is 6.18. The molecule has 7 heteroatoms. The molecule has 156 valence electrons. The van der Waals surface area contributed by atoms with Crippen LogP contribution < -0.4 is 5.32 Å². The van der Waals surface area contributed by atoms with Gasteiger partial charge in [-0.3, -0.25) is 19.4 Å². The highest BCUT2D eigenvalue weighted by atomic mass is 35.5. The smallest absolute Gasteiger partial charge is 0.278 e. The molecule has 1 saturated heterocycles. The first-order chi connectivity index (χ1) is 14.5. The average molecular weight is 426 g/mol. The molecule has 4 rings (SSSR count). The second kappa shape index (κ2) is 9.00. The maximum Gasteiger partial charge on any atom is 0.278 e. The summed E-state index contributed by atoms with van der Waals surface area (Å²) < 4.78 is 5.37.